The number of amides is 2. The van der Waals surface area contributed by atoms with Gasteiger partial charge in [-0.25, -0.2) is 4.79 Å². The Labute approximate surface area is 144 Å². The van der Waals surface area contributed by atoms with Crippen molar-refractivity contribution < 1.29 is 9.53 Å². The van der Waals surface area contributed by atoms with Crippen molar-refractivity contribution in [2.24, 2.45) is 0 Å². The van der Waals surface area contributed by atoms with Crippen molar-refractivity contribution in [3.8, 4) is 5.75 Å². The summed E-state index contributed by atoms with van der Waals surface area (Å²) in [6.07, 6.45) is 8.35. The van der Waals surface area contributed by atoms with Crippen LogP contribution in [0.3, 0.4) is 0 Å². The zero-order valence-electron chi connectivity index (χ0n) is 14.6. The highest BCUT2D eigenvalue weighted by Crippen LogP contribution is 2.21. The molecule has 0 bridgehead atoms. The molecule has 0 spiro atoms. The summed E-state index contributed by atoms with van der Waals surface area (Å²) < 4.78 is 6.03. The van der Waals surface area contributed by atoms with E-state index in [9.17, 15) is 4.79 Å². The molecule has 5 heteroatoms. The van der Waals surface area contributed by atoms with Gasteiger partial charge < -0.3 is 20.3 Å². The molecule has 2 aliphatic rings. The standard InChI is InChI=1S/C19H29N3O2/c1-22-13-11-18(12-14-22)24-17-9-7-16(8-10-17)21-19(23)20-15-5-3-2-4-6-15/h7-10,15,18H,2-6,11-14H2,1H3,(H2,20,21,23). The fourth-order valence-electron chi connectivity index (χ4n) is 3.51. The summed E-state index contributed by atoms with van der Waals surface area (Å²) in [5.41, 5.74) is 0.805. The van der Waals surface area contributed by atoms with Gasteiger partial charge in [-0.1, -0.05) is 19.3 Å². The number of carbonyl (C=O) groups excluding carboxylic acids is 1. The van der Waals surface area contributed by atoms with Crippen molar-refractivity contribution in [2.75, 3.05) is 25.5 Å². The Bertz CT molecular complexity index is 518. The third-order valence-electron chi connectivity index (χ3n) is 5.02. The van der Waals surface area contributed by atoms with Crippen LogP contribution in [0.25, 0.3) is 0 Å². The molecule has 24 heavy (non-hydrogen) atoms. The molecule has 0 unspecified atom stereocenters. The first kappa shape index (κ1) is 17.1. The summed E-state index contributed by atoms with van der Waals surface area (Å²) in [4.78, 5) is 14.4. The van der Waals surface area contributed by atoms with Gasteiger partial charge >= 0.3 is 6.03 Å². The normalized spacial score (nSPS) is 20.5. The quantitative estimate of drug-likeness (QED) is 0.886. The van der Waals surface area contributed by atoms with Crippen molar-refractivity contribution in [1.82, 2.24) is 10.2 Å². The number of urea groups is 1. The van der Waals surface area contributed by atoms with Crippen molar-refractivity contribution in [2.45, 2.75) is 57.1 Å². The second-order valence-electron chi connectivity index (χ2n) is 7.08. The van der Waals surface area contributed by atoms with Crippen LogP contribution in [0.1, 0.15) is 44.9 Å². The van der Waals surface area contributed by atoms with Crippen LogP contribution in [0, 0.1) is 0 Å². The predicted molar refractivity (Wildman–Crippen MR) is 96.6 cm³/mol. The third-order valence-corrected chi connectivity index (χ3v) is 5.02. The van der Waals surface area contributed by atoms with Crippen LogP contribution >= 0.6 is 0 Å². The van der Waals surface area contributed by atoms with Gasteiger partial charge in [0.25, 0.3) is 0 Å². The number of anilines is 1. The summed E-state index contributed by atoms with van der Waals surface area (Å²) in [5, 5.41) is 5.98. The van der Waals surface area contributed by atoms with Crippen LogP contribution < -0.4 is 15.4 Å². The molecule has 3 rings (SSSR count). The van der Waals surface area contributed by atoms with E-state index in [0.29, 0.717) is 12.1 Å². The number of rotatable bonds is 4. The van der Waals surface area contributed by atoms with Crippen LogP contribution in [0.5, 0.6) is 5.75 Å². The van der Waals surface area contributed by atoms with Crippen molar-refractivity contribution >= 4 is 11.7 Å². The number of nitrogens with zero attached hydrogens (tertiary/aromatic N) is 1. The minimum atomic E-state index is -0.106. The average Bonchev–Trinajstić information content (AvgIpc) is 2.59. The van der Waals surface area contributed by atoms with Gasteiger partial charge in [0.2, 0.25) is 0 Å². The Morgan fingerprint density at radius 2 is 1.71 bits per heavy atom. The minimum Gasteiger partial charge on any atom is -0.490 e. The van der Waals surface area contributed by atoms with E-state index in [1.54, 1.807) is 0 Å². The van der Waals surface area contributed by atoms with E-state index in [1.165, 1.54) is 19.3 Å². The van der Waals surface area contributed by atoms with Crippen LogP contribution in [0.2, 0.25) is 0 Å². The number of ether oxygens (including phenoxy) is 1. The number of piperidine rings is 1. The van der Waals surface area contributed by atoms with Gasteiger partial charge in [-0.15, -0.1) is 0 Å². The second-order valence-corrected chi connectivity index (χ2v) is 7.08. The number of likely N-dealkylation sites (tertiary alicyclic amines) is 1. The molecule has 132 valence electrons. The lowest BCUT2D eigenvalue weighted by Gasteiger charge is -2.29. The summed E-state index contributed by atoms with van der Waals surface area (Å²) in [6.45, 7) is 2.18. The van der Waals surface area contributed by atoms with Gasteiger partial charge in [0, 0.05) is 24.8 Å². The van der Waals surface area contributed by atoms with Gasteiger partial charge in [0.1, 0.15) is 11.9 Å². The van der Waals surface area contributed by atoms with Crippen LogP contribution in [-0.2, 0) is 0 Å². The molecule has 2 amide bonds. The molecule has 1 aromatic carbocycles. The van der Waals surface area contributed by atoms with Crippen molar-refractivity contribution in [1.29, 1.82) is 0 Å². The average molecular weight is 331 g/mol. The van der Waals surface area contributed by atoms with Gasteiger partial charge in [-0.3, -0.25) is 0 Å². The van der Waals surface area contributed by atoms with Gasteiger partial charge in [-0.05, 0) is 57.0 Å². The highest BCUT2D eigenvalue weighted by Gasteiger charge is 2.18. The van der Waals surface area contributed by atoms with Gasteiger partial charge in [-0.2, -0.15) is 0 Å². The van der Waals surface area contributed by atoms with Crippen LogP contribution in [0.4, 0.5) is 10.5 Å². The first-order chi connectivity index (χ1) is 11.7. The number of benzene rings is 1. The minimum absolute atomic E-state index is 0.106. The Balaban J connectivity index is 1.44. The summed E-state index contributed by atoms with van der Waals surface area (Å²) >= 11 is 0. The maximum atomic E-state index is 12.1. The van der Waals surface area contributed by atoms with E-state index in [-0.39, 0.29) is 6.03 Å². The largest absolute Gasteiger partial charge is 0.490 e. The van der Waals surface area contributed by atoms with E-state index in [0.717, 1.165) is 50.2 Å². The van der Waals surface area contributed by atoms with E-state index in [2.05, 4.69) is 22.6 Å². The SMILES string of the molecule is CN1CCC(Oc2ccc(NC(=O)NC3CCCCC3)cc2)CC1. The first-order valence-corrected chi connectivity index (χ1v) is 9.22. The molecular formula is C19H29N3O2. The maximum Gasteiger partial charge on any atom is 0.319 e. The molecule has 5 nitrogen and oxygen atoms in total. The number of hydrogen-bond acceptors (Lipinski definition) is 3. The van der Waals surface area contributed by atoms with Crippen LogP contribution in [0.15, 0.2) is 24.3 Å². The molecule has 0 atom stereocenters. The van der Waals surface area contributed by atoms with E-state index >= 15 is 0 Å². The molecule has 2 fully saturated rings. The monoisotopic (exact) mass is 331 g/mol. The summed E-state index contributed by atoms with van der Waals surface area (Å²) in [6, 6.07) is 7.91. The lowest BCUT2D eigenvalue weighted by molar-refractivity contribution is 0.114. The first-order valence-electron chi connectivity index (χ1n) is 9.22. The molecule has 1 aliphatic carbocycles. The van der Waals surface area contributed by atoms with E-state index < -0.39 is 0 Å². The Morgan fingerprint density at radius 3 is 2.38 bits per heavy atom. The number of nitrogens with one attached hydrogen (secondary N) is 2. The molecule has 1 aliphatic heterocycles. The van der Waals surface area contributed by atoms with E-state index in [1.807, 2.05) is 24.3 Å². The van der Waals surface area contributed by atoms with Gasteiger partial charge in [0.15, 0.2) is 0 Å². The molecule has 0 aromatic heterocycles. The molecule has 1 saturated carbocycles. The molecule has 1 saturated heterocycles. The lowest BCUT2D eigenvalue weighted by Crippen LogP contribution is -2.39. The number of hydrogen-bond donors (Lipinski definition) is 2. The van der Waals surface area contributed by atoms with Crippen molar-refractivity contribution in [3.63, 3.8) is 0 Å². The molecule has 0 radical (unpaired) electrons. The lowest BCUT2D eigenvalue weighted by atomic mass is 9.96. The van der Waals surface area contributed by atoms with Crippen molar-refractivity contribution in [3.05, 3.63) is 24.3 Å². The smallest absolute Gasteiger partial charge is 0.319 e. The Kier molecular flexibility index (Phi) is 5.96. The highest BCUT2D eigenvalue weighted by molar-refractivity contribution is 5.89. The second kappa shape index (κ2) is 8.38. The van der Waals surface area contributed by atoms with Gasteiger partial charge in [0.05, 0.1) is 0 Å². The Morgan fingerprint density at radius 1 is 1.04 bits per heavy atom. The maximum absolute atomic E-state index is 12.1. The third kappa shape index (κ3) is 5.13. The fourth-order valence-corrected chi connectivity index (χ4v) is 3.51. The molecule has 1 heterocycles. The molecule has 1 aromatic rings. The number of carbonyl (C=O) groups is 1. The predicted octanol–water partition coefficient (Wildman–Crippen LogP) is 3.61. The fraction of sp³-hybridized carbons (Fsp3) is 0.632. The summed E-state index contributed by atoms with van der Waals surface area (Å²) in [5.74, 6) is 0.878. The Hall–Kier alpha value is -1.75. The zero-order valence-corrected chi connectivity index (χ0v) is 14.6. The highest BCUT2D eigenvalue weighted by atomic mass is 16.5. The molecular weight excluding hydrogens is 302 g/mol. The topological polar surface area (TPSA) is 53.6 Å². The van der Waals surface area contributed by atoms with Crippen LogP contribution in [-0.4, -0.2) is 43.2 Å². The molecule has 2 N–H and O–H groups in total. The van der Waals surface area contributed by atoms with E-state index in [4.69, 9.17) is 4.74 Å². The summed E-state index contributed by atoms with van der Waals surface area (Å²) in [7, 11) is 2.15. The zero-order chi connectivity index (χ0) is 16.8.